The molecule has 1 aliphatic carbocycles. The van der Waals surface area contributed by atoms with Gasteiger partial charge in [0.1, 0.15) is 5.41 Å². The Morgan fingerprint density at radius 3 is 2.65 bits per heavy atom. The van der Waals surface area contributed by atoms with Crippen LogP contribution in [0, 0.1) is 17.3 Å². The van der Waals surface area contributed by atoms with Crippen molar-refractivity contribution >= 4 is 11.8 Å². The van der Waals surface area contributed by atoms with Crippen molar-refractivity contribution in [1.82, 2.24) is 0 Å². The van der Waals surface area contributed by atoms with Gasteiger partial charge in [0.15, 0.2) is 5.78 Å². The summed E-state index contributed by atoms with van der Waals surface area (Å²) >= 11 is 0. The molecule has 17 heavy (non-hydrogen) atoms. The molecule has 0 spiro atoms. The van der Waals surface area contributed by atoms with Crippen molar-refractivity contribution < 1.29 is 14.3 Å². The monoisotopic (exact) mass is 236 g/mol. The van der Waals surface area contributed by atoms with Gasteiger partial charge in [0.05, 0.1) is 6.10 Å². The molecule has 3 heteroatoms. The molecule has 1 atom stereocenters. The largest absolute Gasteiger partial charge is 0.462 e. The molecule has 0 aromatic heterocycles. The van der Waals surface area contributed by atoms with Gasteiger partial charge in [-0.05, 0) is 26.7 Å². The zero-order valence-corrected chi connectivity index (χ0v) is 10.8. The van der Waals surface area contributed by atoms with E-state index < -0.39 is 5.41 Å². The third-order valence-electron chi connectivity index (χ3n) is 2.97. The molecular weight excluding hydrogens is 216 g/mol. The Morgan fingerprint density at radius 1 is 1.47 bits per heavy atom. The van der Waals surface area contributed by atoms with E-state index in [0.717, 1.165) is 12.8 Å². The van der Waals surface area contributed by atoms with Crippen LogP contribution >= 0.6 is 0 Å². The number of ketones is 1. The molecule has 0 aliphatic heterocycles. The average Bonchev–Trinajstić information content (AvgIpc) is 2.61. The Morgan fingerprint density at radius 2 is 2.18 bits per heavy atom. The maximum atomic E-state index is 12.1. The van der Waals surface area contributed by atoms with Gasteiger partial charge in [0, 0.05) is 19.3 Å². The summed E-state index contributed by atoms with van der Waals surface area (Å²) < 4.78 is 5.21. The topological polar surface area (TPSA) is 43.4 Å². The maximum absolute atomic E-state index is 12.1. The summed E-state index contributed by atoms with van der Waals surface area (Å²) in [4.78, 5) is 24.0. The van der Waals surface area contributed by atoms with Crippen LogP contribution in [-0.4, -0.2) is 17.9 Å². The highest BCUT2D eigenvalue weighted by molar-refractivity contribution is 6.05. The molecule has 1 aliphatic rings. The molecule has 1 unspecified atom stereocenters. The van der Waals surface area contributed by atoms with E-state index >= 15 is 0 Å². The van der Waals surface area contributed by atoms with Crippen molar-refractivity contribution in [3.8, 4) is 11.8 Å². The molecule has 0 amide bonds. The first-order valence-electron chi connectivity index (χ1n) is 6.23. The number of hydrogen-bond donors (Lipinski definition) is 0. The van der Waals surface area contributed by atoms with Crippen LogP contribution in [0.25, 0.3) is 0 Å². The summed E-state index contributed by atoms with van der Waals surface area (Å²) in [5, 5.41) is 0. The van der Waals surface area contributed by atoms with Gasteiger partial charge in [0.2, 0.25) is 0 Å². The lowest BCUT2D eigenvalue weighted by molar-refractivity contribution is -0.162. The highest BCUT2D eigenvalue weighted by atomic mass is 16.5. The van der Waals surface area contributed by atoms with Gasteiger partial charge in [-0.1, -0.05) is 6.92 Å². The number of Topliss-reactive ketones (excluding diaryl/α,β-unsaturated/α-hetero) is 1. The first kappa shape index (κ1) is 13.8. The van der Waals surface area contributed by atoms with E-state index in [1.807, 2.05) is 6.92 Å². The number of esters is 1. The highest BCUT2D eigenvalue weighted by Gasteiger charge is 2.49. The van der Waals surface area contributed by atoms with Crippen LogP contribution in [0.15, 0.2) is 0 Å². The van der Waals surface area contributed by atoms with Gasteiger partial charge >= 0.3 is 5.97 Å². The molecule has 1 saturated carbocycles. The van der Waals surface area contributed by atoms with Crippen molar-refractivity contribution in [3.63, 3.8) is 0 Å². The SMILES string of the molecule is CCC#CCC1(C(=O)OC(C)C)CCCC1=O. The second-order valence-electron chi connectivity index (χ2n) is 4.70. The van der Waals surface area contributed by atoms with Gasteiger partial charge in [-0.25, -0.2) is 0 Å². The summed E-state index contributed by atoms with van der Waals surface area (Å²) in [6, 6.07) is 0. The Hall–Kier alpha value is -1.30. The van der Waals surface area contributed by atoms with Crippen molar-refractivity contribution in [2.75, 3.05) is 0 Å². The zero-order valence-electron chi connectivity index (χ0n) is 10.8. The summed E-state index contributed by atoms with van der Waals surface area (Å²) in [6.45, 7) is 5.54. The fraction of sp³-hybridized carbons (Fsp3) is 0.714. The summed E-state index contributed by atoms with van der Waals surface area (Å²) in [7, 11) is 0. The van der Waals surface area contributed by atoms with Gasteiger partial charge in [-0.3, -0.25) is 9.59 Å². The Balaban J connectivity index is 2.86. The van der Waals surface area contributed by atoms with Crippen LogP contribution in [0.3, 0.4) is 0 Å². The molecule has 0 N–H and O–H groups in total. The molecule has 1 fully saturated rings. The third kappa shape index (κ3) is 3.09. The van der Waals surface area contributed by atoms with Gasteiger partial charge < -0.3 is 4.74 Å². The van der Waals surface area contributed by atoms with Crippen molar-refractivity contribution in [1.29, 1.82) is 0 Å². The standard InChI is InChI=1S/C14H20O3/c1-4-5-6-9-14(10-7-8-12(14)15)13(16)17-11(2)3/h11H,4,7-10H2,1-3H3. The molecule has 0 aromatic carbocycles. The molecule has 3 nitrogen and oxygen atoms in total. The van der Waals surface area contributed by atoms with E-state index in [4.69, 9.17) is 4.74 Å². The number of carbonyl (C=O) groups excluding carboxylic acids is 2. The number of hydrogen-bond acceptors (Lipinski definition) is 3. The Bertz CT molecular complexity index is 359. The summed E-state index contributed by atoms with van der Waals surface area (Å²) in [5.41, 5.74) is -0.980. The second-order valence-corrected chi connectivity index (χ2v) is 4.70. The van der Waals surface area contributed by atoms with Crippen LogP contribution in [0.2, 0.25) is 0 Å². The van der Waals surface area contributed by atoms with Gasteiger partial charge in [-0.15, -0.1) is 11.8 Å². The normalized spacial score (nSPS) is 23.4. The first-order chi connectivity index (χ1) is 8.03. The molecule has 0 heterocycles. The highest BCUT2D eigenvalue weighted by Crippen LogP contribution is 2.39. The summed E-state index contributed by atoms with van der Waals surface area (Å²) in [6.07, 6.45) is 2.68. The predicted molar refractivity (Wildman–Crippen MR) is 65.2 cm³/mol. The number of rotatable bonds is 3. The number of carbonyl (C=O) groups is 2. The fourth-order valence-corrected chi connectivity index (χ4v) is 2.07. The zero-order chi connectivity index (χ0) is 12.9. The van der Waals surface area contributed by atoms with E-state index in [0.29, 0.717) is 19.3 Å². The van der Waals surface area contributed by atoms with Crippen LogP contribution < -0.4 is 0 Å². The number of ether oxygens (including phenoxy) is 1. The maximum Gasteiger partial charge on any atom is 0.320 e. The minimum atomic E-state index is -0.980. The van der Waals surface area contributed by atoms with E-state index in [1.165, 1.54) is 0 Å². The fourth-order valence-electron chi connectivity index (χ4n) is 2.07. The second kappa shape index (κ2) is 5.86. The lowest BCUT2D eigenvalue weighted by Gasteiger charge is -2.24. The Labute approximate surface area is 103 Å². The first-order valence-corrected chi connectivity index (χ1v) is 6.23. The van der Waals surface area contributed by atoms with E-state index in [1.54, 1.807) is 13.8 Å². The van der Waals surface area contributed by atoms with Crippen LogP contribution in [0.5, 0.6) is 0 Å². The van der Waals surface area contributed by atoms with Crippen molar-refractivity contribution in [2.24, 2.45) is 5.41 Å². The van der Waals surface area contributed by atoms with Gasteiger partial charge in [-0.2, -0.15) is 0 Å². The lowest BCUT2D eigenvalue weighted by atomic mass is 9.82. The molecule has 0 saturated heterocycles. The van der Waals surface area contributed by atoms with Gasteiger partial charge in [0.25, 0.3) is 0 Å². The van der Waals surface area contributed by atoms with Crippen LogP contribution in [-0.2, 0) is 14.3 Å². The predicted octanol–water partition coefficient (Wildman–Crippen LogP) is 2.48. The van der Waals surface area contributed by atoms with E-state index in [-0.39, 0.29) is 17.9 Å². The smallest absolute Gasteiger partial charge is 0.320 e. The minimum absolute atomic E-state index is 0.00597. The van der Waals surface area contributed by atoms with E-state index in [2.05, 4.69) is 11.8 Å². The average molecular weight is 236 g/mol. The molecule has 0 bridgehead atoms. The van der Waals surface area contributed by atoms with Crippen molar-refractivity contribution in [2.45, 2.75) is 59.0 Å². The minimum Gasteiger partial charge on any atom is -0.462 e. The van der Waals surface area contributed by atoms with Crippen LogP contribution in [0.4, 0.5) is 0 Å². The molecule has 0 radical (unpaired) electrons. The van der Waals surface area contributed by atoms with E-state index in [9.17, 15) is 9.59 Å². The quantitative estimate of drug-likeness (QED) is 0.429. The summed E-state index contributed by atoms with van der Waals surface area (Å²) in [5.74, 6) is 5.45. The van der Waals surface area contributed by atoms with Crippen LogP contribution in [0.1, 0.15) is 52.9 Å². The third-order valence-corrected chi connectivity index (χ3v) is 2.97. The molecular formula is C14H20O3. The van der Waals surface area contributed by atoms with Crippen molar-refractivity contribution in [3.05, 3.63) is 0 Å². The molecule has 1 rings (SSSR count). The molecule has 0 aromatic rings. The lowest BCUT2D eigenvalue weighted by Crippen LogP contribution is -2.37. The molecule has 94 valence electrons. The Kier molecular flexibility index (Phi) is 4.74.